The summed E-state index contributed by atoms with van der Waals surface area (Å²) in [6.07, 6.45) is 5.48. The van der Waals surface area contributed by atoms with Crippen LogP contribution >= 0.6 is 0 Å². The van der Waals surface area contributed by atoms with E-state index in [1.54, 1.807) is 18.2 Å². The van der Waals surface area contributed by atoms with Crippen LogP contribution in [0.15, 0.2) is 30.5 Å². The molecule has 1 amide bonds. The maximum absolute atomic E-state index is 11.5. The number of nitrogens with zero attached hydrogens (tertiary/aromatic N) is 3. The zero-order valence-corrected chi connectivity index (χ0v) is 13.4. The fourth-order valence-electron chi connectivity index (χ4n) is 2.86. The van der Waals surface area contributed by atoms with Crippen molar-refractivity contribution in [3.05, 3.63) is 46.1 Å². The fraction of sp³-hybridized carbons (Fsp3) is 0.312. The molecule has 1 fully saturated rings. The molecule has 1 aromatic heterocycles. The number of amides is 1. The summed E-state index contributed by atoms with van der Waals surface area (Å²) in [7, 11) is 0. The minimum absolute atomic E-state index is 0.00852. The van der Waals surface area contributed by atoms with E-state index in [0.29, 0.717) is 11.6 Å². The van der Waals surface area contributed by atoms with Gasteiger partial charge in [-0.1, -0.05) is 25.0 Å². The Kier molecular flexibility index (Phi) is 4.73. The van der Waals surface area contributed by atoms with Crippen molar-refractivity contribution in [3.8, 4) is 0 Å². The van der Waals surface area contributed by atoms with Gasteiger partial charge in [-0.25, -0.2) is 4.98 Å². The molecule has 0 bridgehead atoms. The van der Waals surface area contributed by atoms with Crippen LogP contribution < -0.4 is 16.4 Å². The summed E-state index contributed by atoms with van der Waals surface area (Å²) in [5, 5.41) is 17.3. The van der Waals surface area contributed by atoms with Gasteiger partial charge in [0.1, 0.15) is 6.20 Å². The Morgan fingerprint density at radius 1 is 1.28 bits per heavy atom. The number of nitrogens with two attached hydrogens (primary N) is 1. The van der Waals surface area contributed by atoms with E-state index in [-0.39, 0.29) is 23.1 Å². The maximum Gasteiger partial charge on any atom is 0.329 e. The molecule has 3 rings (SSSR count). The SMILES string of the molecule is NC(=O)c1ccccc1Nc1nc(NC2CCCC2)ncc1[N+](=O)[O-]. The van der Waals surface area contributed by atoms with Crippen molar-refractivity contribution in [3.63, 3.8) is 0 Å². The van der Waals surface area contributed by atoms with Crippen LogP contribution in [0.4, 0.5) is 23.1 Å². The minimum atomic E-state index is -0.635. The second-order valence-electron chi connectivity index (χ2n) is 5.85. The van der Waals surface area contributed by atoms with E-state index in [9.17, 15) is 14.9 Å². The number of hydrogen-bond acceptors (Lipinski definition) is 7. The molecule has 1 aliphatic rings. The van der Waals surface area contributed by atoms with Gasteiger partial charge < -0.3 is 16.4 Å². The lowest BCUT2D eigenvalue weighted by atomic mass is 10.1. The number of carbonyl (C=O) groups is 1. The quantitative estimate of drug-likeness (QED) is 0.542. The van der Waals surface area contributed by atoms with E-state index in [0.717, 1.165) is 31.9 Å². The van der Waals surface area contributed by atoms with Crippen LogP contribution in [0.2, 0.25) is 0 Å². The predicted molar refractivity (Wildman–Crippen MR) is 92.8 cm³/mol. The van der Waals surface area contributed by atoms with Crippen molar-refractivity contribution >= 4 is 29.0 Å². The first-order valence-electron chi connectivity index (χ1n) is 7.98. The summed E-state index contributed by atoms with van der Waals surface area (Å²) >= 11 is 0. The van der Waals surface area contributed by atoms with Crippen LogP contribution in [-0.4, -0.2) is 26.8 Å². The van der Waals surface area contributed by atoms with Crippen LogP contribution in [0.25, 0.3) is 0 Å². The van der Waals surface area contributed by atoms with Gasteiger partial charge in [-0.05, 0) is 25.0 Å². The summed E-state index contributed by atoms with van der Waals surface area (Å²) in [5.74, 6) is -0.310. The highest BCUT2D eigenvalue weighted by atomic mass is 16.6. The number of aromatic nitrogens is 2. The molecule has 0 aliphatic heterocycles. The Bertz CT molecular complexity index is 804. The standard InChI is InChI=1S/C16H18N6O3/c17-14(23)11-7-3-4-8-12(11)20-15-13(22(24)25)9-18-16(21-15)19-10-5-1-2-6-10/h3-4,7-10H,1-2,5-6H2,(H2,17,23)(H2,18,19,20,21). The van der Waals surface area contributed by atoms with Gasteiger partial charge in [0, 0.05) is 6.04 Å². The minimum Gasteiger partial charge on any atom is -0.366 e. The Morgan fingerprint density at radius 3 is 2.68 bits per heavy atom. The molecular formula is C16H18N6O3. The third-order valence-electron chi connectivity index (χ3n) is 4.10. The summed E-state index contributed by atoms with van der Waals surface area (Å²) in [4.78, 5) is 30.5. The molecule has 0 atom stereocenters. The molecule has 0 saturated heterocycles. The topological polar surface area (TPSA) is 136 Å². The Hall–Kier alpha value is -3.23. The second kappa shape index (κ2) is 7.12. The monoisotopic (exact) mass is 342 g/mol. The number of benzene rings is 1. The maximum atomic E-state index is 11.5. The Labute approximate surface area is 143 Å². The third-order valence-corrected chi connectivity index (χ3v) is 4.10. The molecule has 0 unspecified atom stereocenters. The van der Waals surface area contributed by atoms with Crippen LogP contribution in [0.1, 0.15) is 36.0 Å². The molecular weight excluding hydrogens is 324 g/mol. The zero-order chi connectivity index (χ0) is 17.8. The molecule has 0 spiro atoms. The van der Waals surface area contributed by atoms with Gasteiger partial charge in [0.05, 0.1) is 16.2 Å². The van der Waals surface area contributed by atoms with Crippen LogP contribution in [-0.2, 0) is 0 Å². The molecule has 0 radical (unpaired) electrons. The van der Waals surface area contributed by atoms with Gasteiger partial charge in [-0.15, -0.1) is 0 Å². The average molecular weight is 342 g/mol. The van der Waals surface area contributed by atoms with E-state index in [1.165, 1.54) is 6.07 Å². The van der Waals surface area contributed by atoms with E-state index < -0.39 is 10.8 Å². The number of hydrogen-bond donors (Lipinski definition) is 3. The van der Waals surface area contributed by atoms with Crippen molar-refractivity contribution in [1.82, 2.24) is 9.97 Å². The van der Waals surface area contributed by atoms with Crippen molar-refractivity contribution in [1.29, 1.82) is 0 Å². The number of nitrogens with one attached hydrogen (secondary N) is 2. The summed E-state index contributed by atoms with van der Waals surface area (Å²) < 4.78 is 0. The normalized spacial score (nSPS) is 14.2. The molecule has 9 nitrogen and oxygen atoms in total. The van der Waals surface area contributed by atoms with Gasteiger partial charge in [-0.2, -0.15) is 4.98 Å². The van der Waals surface area contributed by atoms with E-state index >= 15 is 0 Å². The molecule has 1 saturated carbocycles. The van der Waals surface area contributed by atoms with Crippen molar-refractivity contribution in [2.24, 2.45) is 5.73 Å². The number of anilines is 3. The zero-order valence-electron chi connectivity index (χ0n) is 13.4. The number of primary amides is 1. The smallest absolute Gasteiger partial charge is 0.329 e. The van der Waals surface area contributed by atoms with Crippen molar-refractivity contribution < 1.29 is 9.72 Å². The summed E-state index contributed by atoms with van der Waals surface area (Å²) in [6.45, 7) is 0. The lowest BCUT2D eigenvalue weighted by Gasteiger charge is -2.13. The van der Waals surface area contributed by atoms with Crippen molar-refractivity contribution in [2.75, 3.05) is 10.6 Å². The van der Waals surface area contributed by atoms with E-state index in [2.05, 4.69) is 20.6 Å². The molecule has 1 aliphatic carbocycles. The number of para-hydroxylation sites is 1. The first-order valence-corrected chi connectivity index (χ1v) is 7.98. The lowest BCUT2D eigenvalue weighted by Crippen LogP contribution is -2.17. The van der Waals surface area contributed by atoms with E-state index in [4.69, 9.17) is 5.73 Å². The molecule has 130 valence electrons. The van der Waals surface area contributed by atoms with Gasteiger partial charge in [0.2, 0.25) is 11.8 Å². The number of nitro groups is 1. The first-order chi connectivity index (χ1) is 12.0. The van der Waals surface area contributed by atoms with Crippen LogP contribution in [0.3, 0.4) is 0 Å². The highest BCUT2D eigenvalue weighted by Gasteiger charge is 2.21. The molecule has 1 aromatic carbocycles. The highest BCUT2D eigenvalue weighted by Crippen LogP contribution is 2.28. The number of rotatable bonds is 6. The van der Waals surface area contributed by atoms with Gasteiger partial charge in [0.15, 0.2) is 0 Å². The van der Waals surface area contributed by atoms with Crippen LogP contribution in [0, 0.1) is 10.1 Å². The first kappa shape index (κ1) is 16.6. The largest absolute Gasteiger partial charge is 0.366 e. The molecule has 25 heavy (non-hydrogen) atoms. The van der Waals surface area contributed by atoms with E-state index in [1.807, 2.05) is 0 Å². The van der Waals surface area contributed by atoms with Gasteiger partial charge in [0.25, 0.3) is 5.91 Å². The highest BCUT2D eigenvalue weighted by molar-refractivity contribution is 5.99. The molecule has 1 heterocycles. The molecule has 9 heteroatoms. The molecule has 4 N–H and O–H groups in total. The Morgan fingerprint density at radius 2 is 2.00 bits per heavy atom. The average Bonchev–Trinajstić information content (AvgIpc) is 3.08. The fourth-order valence-corrected chi connectivity index (χ4v) is 2.86. The second-order valence-corrected chi connectivity index (χ2v) is 5.85. The van der Waals surface area contributed by atoms with Crippen LogP contribution in [0.5, 0.6) is 0 Å². The lowest BCUT2D eigenvalue weighted by molar-refractivity contribution is -0.384. The predicted octanol–water partition coefficient (Wildman–Crippen LogP) is 2.58. The summed E-state index contributed by atoms with van der Waals surface area (Å²) in [6, 6.07) is 6.77. The number of carbonyl (C=O) groups excluding carboxylic acids is 1. The van der Waals surface area contributed by atoms with Crippen molar-refractivity contribution in [2.45, 2.75) is 31.7 Å². The van der Waals surface area contributed by atoms with Gasteiger partial charge >= 0.3 is 5.69 Å². The summed E-state index contributed by atoms with van der Waals surface area (Å²) in [5.41, 5.74) is 5.64. The Balaban J connectivity index is 1.92. The third kappa shape index (κ3) is 3.82. The molecule has 2 aromatic rings. The van der Waals surface area contributed by atoms with Gasteiger partial charge in [-0.3, -0.25) is 14.9 Å².